The molecule has 2 nitrogen and oxygen atoms in total. The molecule has 0 saturated carbocycles. The fraction of sp³-hybridized carbons (Fsp3) is 0.0833. The van der Waals surface area contributed by atoms with Gasteiger partial charge < -0.3 is 4.42 Å². The van der Waals surface area contributed by atoms with Crippen molar-refractivity contribution in [2.24, 2.45) is 0 Å². The largest absolute Gasteiger partial charge is 0.464 e. The van der Waals surface area contributed by atoms with Gasteiger partial charge in [-0.3, -0.25) is 0 Å². The molecule has 0 aliphatic rings. The number of nitrogens with zero attached hydrogens (tertiary/aromatic N) is 1. The van der Waals surface area contributed by atoms with Gasteiger partial charge in [0.25, 0.3) is 0 Å². The van der Waals surface area contributed by atoms with Crippen LogP contribution in [0.1, 0.15) is 11.1 Å². The first kappa shape index (κ1) is 12.2. The molecule has 0 amide bonds. The maximum absolute atomic E-state index is 13.4. The van der Waals surface area contributed by atoms with E-state index in [1.807, 2.05) is 0 Å². The Morgan fingerprint density at radius 3 is 2.39 bits per heavy atom. The lowest BCUT2D eigenvalue weighted by Gasteiger charge is -2.12. The normalized spacial score (nSPS) is 11.3. The molecule has 0 saturated heterocycles. The molecule has 0 bridgehead atoms. The van der Waals surface area contributed by atoms with Crippen molar-refractivity contribution in [3.8, 4) is 17.4 Å². The summed E-state index contributed by atoms with van der Waals surface area (Å²) in [7, 11) is 0. The first-order chi connectivity index (χ1) is 8.45. The van der Waals surface area contributed by atoms with Gasteiger partial charge in [0.1, 0.15) is 17.6 Å². The monoisotopic (exact) mass is 255 g/mol. The van der Waals surface area contributed by atoms with Crippen LogP contribution < -0.4 is 0 Å². The number of rotatable bonds is 1. The van der Waals surface area contributed by atoms with Gasteiger partial charge in [-0.1, -0.05) is 0 Å². The van der Waals surface area contributed by atoms with Gasteiger partial charge in [-0.05, 0) is 24.3 Å². The number of nitriles is 1. The molecule has 0 aliphatic carbocycles. The van der Waals surface area contributed by atoms with Gasteiger partial charge in [-0.2, -0.15) is 18.4 Å². The van der Waals surface area contributed by atoms with E-state index in [2.05, 4.69) is 0 Å². The van der Waals surface area contributed by atoms with Crippen LogP contribution in [0.2, 0.25) is 0 Å². The Kier molecular flexibility index (Phi) is 2.83. The van der Waals surface area contributed by atoms with Crippen LogP contribution in [0.15, 0.2) is 34.9 Å². The molecule has 1 aromatic heterocycles. The second kappa shape index (κ2) is 4.18. The van der Waals surface area contributed by atoms with Gasteiger partial charge in [-0.25, -0.2) is 4.39 Å². The van der Waals surface area contributed by atoms with Crippen molar-refractivity contribution in [2.45, 2.75) is 6.18 Å². The Labute approximate surface area is 99.1 Å². The van der Waals surface area contributed by atoms with Crippen LogP contribution in [0.3, 0.4) is 0 Å². The van der Waals surface area contributed by atoms with E-state index in [0.29, 0.717) is 12.1 Å². The lowest BCUT2D eigenvalue weighted by Crippen LogP contribution is -2.09. The quantitative estimate of drug-likeness (QED) is 0.723. The molecule has 92 valence electrons. The first-order valence-electron chi connectivity index (χ1n) is 4.79. The highest BCUT2D eigenvalue weighted by molar-refractivity contribution is 5.71. The molecule has 1 aromatic carbocycles. The third-order valence-corrected chi connectivity index (χ3v) is 2.34. The van der Waals surface area contributed by atoms with Gasteiger partial charge in [0.2, 0.25) is 0 Å². The molecule has 0 atom stereocenters. The second-order valence-corrected chi connectivity index (χ2v) is 3.43. The average Bonchev–Trinajstić information content (AvgIpc) is 2.79. The zero-order valence-corrected chi connectivity index (χ0v) is 8.75. The summed E-state index contributed by atoms with van der Waals surface area (Å²) in [6, 6.07) is 5.24. The Balaban J connectivity index is 2.82. The predicted molar refractivity (Wildman–Crippen MR) is 53.8 cm³/mol. The summed E-state index contributed by atoms with van der Waals surface area (Å²) in [5.74, 6) is -1.21. The lowest BCUT2D eigenvalue weighted by atomic mass is 9.98. The molecule has 18 heavy (non-hydrogen) atoms. The van der Waals surface area contributed by atoms with E-state index >= 15 is 0 Å². The summed E-state index contributed by atoms with van der Waals surface area (Å²) in [5, 5.41) is 8.79. The van der Waals surface area contributed by atoms with E-state index in [-0.39, 0.29) is 5.76 Å². The zero-order valence-electron chi connectivity index (χ0n) is 8.75. The van der Waals surface area contributed by atoms with Gasteiger partial charge >= 0.3 is 6.18 Å². The number of hydrogen-bond donors (Lipinski definition) is 0. The molecule has 0 aliphatic heterocycles. The van der Waals surface area contributed by atoms with Gasteiger partial charge in [0.15, 0.2) is 0 Å². The van der Waals surface area contributed by atoms with Crippen molar-refractivity contribution in [1.29, 1.82) is 5.26 Å². The predicted octanol–water partition coefficient (Wildman–Crippen LogP) is 3.98. The van der Waals surface area contributed by atoms with Crippen molar-refractivity contribution in [1.82, 2.24) is 0 Å². The number of halogens is 4. The van der Waals surface area contributed by atoms with E-state index in [4.69, 9.17) is 9.68 Å². The highest BCUT2D eigenvalue weighted by atomic mass is 19.4. The minimum Gasteiger partial charge on any atom is -0.464 e. The fourth-order valence-corrected chi connectivity index (χ4v) is 1.60. The van der Waals surface area contributed by atoms with Gasteiger partial charge in [-0.15, -0.1) is 0 Å². The standard InChI is InChI=1S/C12H5F4NO/c13-9-4-3-8(12(14,15)16)11(7(9)6-17)10-2-1-5-18-10/h1-5H. The van der Waals surface area contributed by atoms with Gasteiger partial charge in [0, 0.05) is 0 Å². The van der Waals surface area contributed by atoms with Crippen LogP contribution in [-0.4, -0.2) is 0 Å². The fourth-order valence-electron chi connectivity index (χ4n) is 1.60. The van der Waals surface area contributed by atoms with Crippen LogP contribution in [-0.2, 0) is 6.18 Å². The molecule has 2 rings (SSSR count). The van der Waals surface area contributed by atoms with E-state index in [9.17, 15) is 17.6 Å². The Morgan fingerprint density at radius 2 is 1.89 bits per heavy atom. The molecule has 2 aromatic rings. The van der Waals surface area contributed by atoms with E-state index in [1.54, 1.807) is 0 Å². The smallest absolute Gasteiger partial charge is 0.417 e. The van der Waals surface area contributed by atoms with Crippen LogP contribution in [0.5, 0.6) is 0 Å². The Bertz CT molecular complexity index is 608. The SMILES string of the molecule is N#Cc1c(F)ccc(C(F)(F)F)c1-c1ccco1. The highest BCUT2D eigenvalue weighted by Crippen LogP contribution is 2.39. The van der Waals surface area contributed by atoms with Crippen LogP contribution in [0.25, 0.3) is 11.3 Å². The summed E-state index contributed by atoms with van der Waals surface area (Å²) in [6.45, 7) is 0. The molecule has 1 heterocycles. The molecule has 0 fully saturated rings. The minimum absolute atomic E-state index is 0.196. The van der Waals surface area contributed by atoms with Crippen molar-refractivity contribution in [3.63, 3.8) is 0 Å². The lowest BCUT2D eigenvalue weighted by molar-refractivity contribution is -0.137. The van der Waals surface area contributed by atoms with E-state index in [0.717, 1.165) is 6.26 Å². The van der Waals surface area contributed by atoms with Crippen LogP contribution in [0, 0.1) is 17.1 Å². The molecular weight excluding hydrogens is 250 g/mol. The number of alkyl halides is 3. The van der Waals surface area contributed by atoms with Crippen molar-refractivity contribution in [2.75, 3.05) is 0 Å². The van der Waals surface area contributed by atoms with Crippen molar-refractivity contribution >= 4 is 0 Å². The van der Waals surface area contributed by atoms with Crippen LogP contribution in [0.4, 0.5) is 17.6 Å². The first-order valence-corrected chi connectivity index (χ1v) is 4.79. The van der Waals surface area contributed by atoms with E-state index < -0.39 is 28.7 Å². The third kappa shape index (κ3) is 1.95. The van der Waals surface area contributed by atoms with Gasteiger partial charge in [0.05, 0.1) is 23.0 Å². The summed E-state index contributed by atoms with van der Waals surface area (Å²) in [4.78, 5) is 0. The average molecular weight is 255 g/mol. The molecule has 0 N–H and O–H groups in total. The maximum atomic E-state index is 13.4. The third-order valence-electron chi connectivity index (χ3n) is 2.34. The minimum atomic E-state index is -4.69. The number of furan rings is 1. The Hall–Kier alpha value is -2.29. The summed E-state index contributed by atoms with van der Waals surface area (Å²) in [6.07, 6.45) is -3.54. The molecule has 0 unspecified atom stereocenters. The molecule has 0 radical (unpaired) electrons. The summed E-state index contributed by atoms with van der Waals surface area (Å²) >= 11 is 0. The maximum Gasteiger partial charge on any atom is 0.417 e. The summed E-state index contributed by atoms with van der Waals surface area (Å²) < 4.78 is 56.7. The van der Waals surface area contributed by atoms with Crippen molar-refractivity contribution < 1.29 is 22.0 Å². The second-order valence-electron chi connectivity index (χ2n) is 3.43. The topological polar surface area (TPSA) is 36.9 Å². The Morgan fingerprint density at radius 1 is 1.17 bits per heavy atom. The number of hydrogen-bond acceptors (Lipinski definition) is 2. The highest BCUT2D eigenvalue weighted by Gasteiger charge is 2.36. The molecule has 6 heteroatoms. The van der Waals surface area contributed by atoms with Crippen molar-refractivity contribution in [3.05, 3.63) is 47.5 Å². The molecular formula is C12H5F4NO. The van der Waals surface area contributed by atoms with Crippen LogP contribution >= 0.6 is 0 Å². The number of benzene rings is 1. The summed E-state index contributed by atoms with van der Waals surface area (Å²) in [5.41, 5.74) is -2.36. The van der Waals surface area contributed by atoms with E-state index in [1.165, 1.54) is 18.2 Å². The molecule has 0 spiro atoms. The zero-order chi connectivity index (χ0) is 13.3.